The van der Waals surface area contributed by atoms with Gasteiger partial charge in [-0.2, -0.15) is 0 Å². The molecule has 1 amide bonds. The van der Waals surface area contributed by atoms with Crippen molar-refractivity contribution in [3.05, 3.63) is 22.3 Å². The quantitative estimate of drug-likeness (QED) is 0.608. The van der Waals surface area contributed by atoms with E-state index in [-0.39, 0.29) is 11.9 Å². The lowest BCUT2D eigenvalue weighted by atomic mass is 10.0. The summed E-state index contributed by atoms with van der Waals surface area (Å²) in [5, 5.41) is 2.86. The standard InChI is InChI=1S/C9H12INO/c1-2-9(12)11-8-5-3-4-7(10)6-8/h2,6,8H,1,3-5H2,(H,11,12). The van der Waals surface area contributed by atoms with E-state index in [1.807, 2.05) is 0 Å². The van der Waals surface area contributed by atoms with Gasteiger partial charge in [-0.15, -0.1) is 0 Å². The third-order valence-corrected chi connectivity index (χ3v) is 2.72. The zero-order valence-corrected chi connectivity index (χ0v) is 9.00. The molecule has 3 heteroatoms. The summed E-state index contributed by atoms with van der Waals surface area (Å²) in [6, 6.07) is 0.219. The van der Waals surface area contributed by atoms with Gasteiger partial charge in [-0.3, -0.25) is 4.79 Å². The molecule has 0 bridgehead atoms. The van der Waals surface area contributed by atoms with Gasteiger partial charge in [0.05, 0.1) is 0 Å². The number of carbonyl (C=O) groups is 1. The molecule has 0 saturated heterocycles. The molecule has 66 valence electrons. The third kappa shape index (κ3) is 2.97. The second-order valence-electron chi connectivity index (χ2n) is 2.82. The van der Waals surface area contributed by atoms with Gasteiger partial charge >= 0.3 is 0 Å². The van der Waals surface area contributed by atoms with Crippen molar-refractivity contribution in [3.63, 3.8) is 0 Å². The summed E-state index contributed by atoms with van der Waals surface area (Å²) in [6.45, 7) is 3.41. The van der Waals surface area contributed by atoms with Crippen LogP contribution in [-0.2, 0) is 4.79 Å². The highest BCUT2D eigenvalue weighted by Crippen LogP contribution is 2.22. The molecule has 1 aliphatic carbocycles. The topological polar surface area (TPSA) is 29.1 Å². The number of hydrogen-bond acceptors (Lipinski definition) is 1. The van der Waals surface area contributed by atoms with Crippen LogP contribution in [0, 0.1) is 0 Å². The number of allylic oxidation sites excluding steroid dienone is 1. The fourth-order valence-electron chi connectivity index (χ4n) is 1.23. The van der Waals surface area contributed by atoms with E-state index >= 15 is 0 Å². The Balaban J connectivity index is 2.47. The van der Waals surface area contributed by atoms with Gasteiger partial charge in [-0.25, -0.2) is 0 Å². The summed E-state index contributed by atoms with van der Waals surface area (Å²) in [5.41, 5.74) is 0. The first-order chi connectivity index (χ1) is 5.72. The molecular formula is C9H12INO. The normalized spacial score (nSPS) is 22.8. The van der Waals surface area contributed by atoms with E-state index in [2.05, 4.69) is 40.6 Å². The SMILES string of the molecule is C=CC(=O)NC1C=C(I)CCC1. The molecule has 0 radical (unpaired) electrons. The van der Waals surface area contributed by atoms with Crippen molar-refractivity contribution in [3.8, 4) is 0 Å². The van der Waals surface area contributed by atoms with Crippen molar-refractivity contribution in [2.45, 2.75) is 25.3 Å². The summed E-state index contributed by atoms with van der Waals surface area (Å²) in [7, 11) is 0. The van der Waals surface area contributed by atoms with Gasteiger partial charge in [0.1, 0.15) is 0 Å². The predicted octanol–water partition coefficient (Wildman–Crippen LogP) is 2.16. The highest BCUT2D eigenvalue weighted by molar-refractivity contribution is 14.1. The van der Waals surface area contributed by atoms with Crippen LogP contribution in [-0.4, -0.2) is 11.9 Å². The summed E-state index contributed by atoms with van der Waals surface area (Å²) >= 11 is 2.31. The van der Waals surface area contributed by atoms with Crippen molar-refractivity contribution in [1.29, 1.82) is 0 Å². The van der Waals surface area contributed by atoms with Crippen molar-refractivity contribution < 1.29 is 4.79 Å². The Labute approximate surface area is 86.2 Å². The largest absolute Gasteiger partial charge is 0.346 e. The summed E-state index contributed by atoms with van der Waals surface area (Å²) in [4.78, 5) is 10.9. The van der Waals surface area contributed by atoms with Crippen LogP contribution < -0.4 is 5.32 Å². The number of hydrogen-bond donors (Lipinski definition) is 1. The first kappa shape index (κ1) is 9.77. The minimum atomic E-state index is -0.0812. The molecule has 0 spiro atoms. The van der Waals surface area contributed by atoms with Crippen molar-refractivity contribution in [2.24, 2.45) is 0 Å². The first-order valence-corrected chi connectivity index (χ1v) is 5.09. The number of nitrogens with one attached hydrogen (secondary N) is 1. The van der Waals surface area contributed by atoms with Crippen LogP contribution in [0.25, 0.3) is 0 Å². The fraction of sp³-hybridized carbons (Fsp3) is 0.444. The van der Waals surface area contributed by atoms with Crippen molar-refractivity contribution >= 4 is 28.5 Å². The average Bonchev–Trinajstić information content (AvgIpc) is 2.04. The van der Waals surface area contributed by atoms with Crippen LogP contribution in [0.4, 0.5) is 0 Å². The Bertz CT molecular complexity index is 223. The van der Waals surface area contributed by atoms with E-state index in [0.29, 0.717) is 0 Å². The molecule has 1 rings (SSSR count). The van der Waals surface area contributed by atoms with Gasteiger partial charge in [-0.05, 0) is 51.5 Å². The molecule has 0 saturated carbocycles. The van der Waals surface area contributed by atoms with Gasteiger partial charge < -0.3 is 5.32 Å². The molecule has 0 aromatic carbocycles. The molecule has 2 nitrogen and oxygen atoms in total. The minimum Gasteiger partial charge on any atom is -0.346 e. The summed E-state index contributed by atoms with van der Waals surface area (Å²) in [6.07, 6.45) is 6.80. The van der Waals surface area contributed by atoms with E-state index in [1.54, 1.807) is 0 Å². The molecule has 0 aromatic rings. The highest BCUT2D eigenvalue weighted by Gasteiger charge is 2.12. The molecule has 0 heterocycles. The second kappa shape index (κ2) is 4.64. The molecule has 0 aliphatic heterocycles. The summed E-state index contributed by atoms with van der Waals surface area (Å²) < 4.78 is 1.34. The third-order valence-electron chi connectivity index (χ3n) is 1.83. The van der Waals surface area contributed by atoms with Gasteiger partial charge in [0.2, 0.25) is 5.91 Å². The molecule has 1 aliphatic rings. The van der Waals surface area contributed by atoms with E-state index < -0.39 is 0 Å². The van der Waals surface area contributed by atoms with Gasteiger partial charge in [0.15, 0.2) is 0 Å². The maximum Gasteiger partial charge on any atom is 0.243 e. The zero-order chi connectivity index (χ0) is 8.97. The Hall–Kier alpha value is -0.320. The van der Waals surface area contributed by atoms with E-state index in [9.17, 15) is 4.79 Å². The van der Waals surface area contributed by atoms with Crippen LogP contribution in [0.5, 0.6) is 0 Å². The van der Waals surface area contributed by atoms with Gasteiger partial charge in [0, 0.05) is 6.04 Å². The lowest BCUT2D eigenvalue weighted by Gasteiger charge is -2.18. The Kier molecular flexibility index (Phi) is 3.78. The molecule has 1 unspecified atom stereocenters. The average molecular weight is 277 g/mol. The van der Waals surface area contributed by atoms with E-state index in [0.717, 1.165) is 19.3 Å². The van der Waals surface area contributed by atoms with Crippen LogP contribution in [0.3, 0.4) is 0 Å². The highest BCUT2D eigenvalue weighted by atomic mass is 127. The van der Waals surface area contributed by atoms with Gasteiger partial charge in [0.25, 0.3) is 0 Å². The molecule has 0 aromatic heterocycles. The minimum absolute atomic E-state index is 0.0812. The Morgan fingerprint density at radius 2 is 2.58 bits per heavy atom. The number of rotatable bonds is 2. The molecule has 12 heavy (non-hydrogen) atoms. The Morgan fingerprint density at radius 1 is 1.83 bits per heavy atom. The number of carbonyl (C=O) groups excluding carboxylic acids is 1. The number of halogens is 1. The maximum absolute atomic E-state index is 10.9. The predicted molar refractivity (Wildman–Crippen MR) is 58.1 cm³/mol. The molecule has 1 atom stereocenters. The van der Waals surface area contributed by atoms with Gasteiger partial charge in [-0.1, -0.05) is 12.7 Å². The lowest BCUT2D eigenvalue weighted by Crippen LogP contribution is -2.33. The van der Waals surface area contributed by atoms with Crippen LogP contribution in [0.1, 0.15) is 19.3 Å². The fourth-order valence-corrected chi connectivity index (χ4v) is 2.05. The second-order valence-corrected chi connectivity index (χ2v) is 4.21. The van der Waals surface area contributed by atoms with E-state index in [4.69, 9.17) is 0 Å². The smallest absolute Gasteiger partial charge is 0.243 e. The van der Waals surface area contributed by atoms with Crippen molar-refractivity contribution in [1.82, 2.24) is 5.32 Å². The van der Waals surface area contributed by atoms with Crippen LogP contribution >= 0.6 is 22.6 Å². The summed E-state index contributed by atoms with van der Waals surface area (Å²) in [5.74, 6) is -0.0812. The maximum atomic E-state index is 10.9. The van der Waals surface area contributed by atoms with Crippen LogP contribution in [0.15, 0.2) is 22.3 Å². The van der Waals surface area contributed by atoms with Crippen molar-refractivity contribution in [2.75, 3.05) is 0 Å². The monoisotopic (exact) mass is 277 g/mol. The lowest BCUT2D eigenvalue weighted by molar-refractivity contribution is -0.116. The molecular weight excluding hydrogens is 265 g/mol. The molecule has 1 N–H and O–H groups in total. The van der Waals surface area contributed by atoms with E-state index in [1.165, 1.54) is 9.66 Å². The number of amides is 1. The Morgan fingerprint density at radius 3 is 3.17 bits per heavy atom. The zero-order valence-electron chi connectivity index (χ0n) is 6.85. The molecule has 0 fully saturated rings. The first-order valence-electron chi connectivity index (χ1n) is 4.01. The van der Waals surface area contributed by atoms with Crippen LogP contribution in [0.2, 0.25) is 0 Å².